The Balaban J connectivity index is 1.56. The molecule has 2 saturated carbocycles. The molecule has 0 aliphatic heterocycles. The molecule has 0 saturated heterocycles. The molecule has 0 aromatic carbocycles. The fraction of sp³-hybridized carbons (Fsp3) is 0.692. The maximum absolute atomic E-state index is 12.0. The van der Waals surface area contributed by atoms with Gasteiger partial charge in [0.25, 0.3) is 0 Å². The predicted octanol–water partition coefficient (Wildman–Crippen LogP) is 2.18. The lowest BCUT2D eigenvalue weighted by Gasteiger charge is -2.20. The van der Waals surface area contributed by atoms with E-state index < -0.39 is 0 Å². The zero-order chi connectivity index (χ0) is 12.5. The van der Waals surface area contributed by atoms with Gasteiger partial charge in [-0.05, 0) is 37.0 Å². The minimum atomic E-state index is 0.0649. The highest BCUT2D eigenvalue weighted by Gasteiger charge is 2.40. The fourth-order valence-corrected chi connectivity index (χ4v) is 3.57. The van der Waals surface area contributed by atoms with E-state index >= 15 is 0 Å². The van der Waals surface area contributed by atoms with E-state index in [0.29, 0.717) is 23.9 Å². The summed E-state index contributed by atoms with van der Waals surface area (Å²) in [5.41, 5.74) is 0. The van der Waals surface area contributed by atoms with Gasteiger partial charge in [-0.15, -0.1) is 0 Å². The number of ether oxygens (including phenoxy) is 1. The van der Waals surface area contributed by atoms with Crippen LogP contribution in [0.1, 0.15) is 32.1 Å². The molecule has 3 unspecified atom stereocenters. The monoisotopic (exact) mass is 249 g/mol. The Kier molecular flexibility index (Phi) is 2.97. The van der Waals surface area contributed by atoms with Crippen molar-refractivity contribution in [3.63, 3.8) is 0 Å². The second kappa shape index (κ2) is 4.63. The van der Waals surface area contributed by atoms with Crippen LogP contribution in [0.15, 0.2) is 6.20 Å². The molecule has 3 rings (SSSR count). The van der Waals surface area contributed by atoms with Crippen LogP contribution in [0.5, 0.6) is 5.75 Å². The standard InChI is InChI=1S/C13H19N3O2/c1-18-11-7-14-16-13(11)15-12(17)6-10-5-8-2-3-9(10)4-8/h7-10H,2-6H2,1H3,(H2,14,15,16,17). The maximum Gasteiger partial charge on any atom is 0.225 e. The molecule has 3 atom stereocenters. The molecule has 2 bridgehead atoms. The van der Waals surface area contributed by atoms with E-state index in [0.717, 1.165) is 11.8 Å². The number of methoxy groups -OCH3 is 1. The van der Waals surface area contributed by atoms with Crippen LogP contribution in [0.3, 0.4) is 0 Å². The van der Waals surface area contributed by atoms with Gasteiger partial charge in [-0.3, -0.25) is 9.89 Å². The van der Waals surface area contributed by atoms with E-state index in [1.165, 1.54) is 25.7 Å². The molecule has 0 spiro atoms. The molecule has 1 aromatic rings. The summed E-state index contributed by atoms with van der Waals surface area (Å²) in [7, 11) is 1.57. The van der Waals surface area contributed by atoms with Crippen molar-refractivity contribution in [1.29, 1.82) is 0 Å². The number of H-pyrrole nitrogens is 1. The summed E-state index contributed by atoms with van der Waals surface area (Å²) in [5.74, 6) is 3.45. The second-order valence-electron chi connectivity index (χ2n) is 5.50. The average Bonchev–Trinajstić information content (AvgIpc) is 3.04. The zero-order valence-electron chi connectivity index (χ0n) is 10.6. The van der Waals surface area contributed by atoms with Gasteiger partial charge in [-0.2, -0.15) is 5.10 Å². The molecule has 98 valence electrons. The quantitative estimate of drug-likeness (QED) is 0.859. The van der Waals surface area contributed by atoms with Gasteiger partial charge in [-0.25, -0.2) is 0 Å². The summed E-state index contributed by atoms with van der Waals surface area (Å²) < 4.78 is 5.10. The third kappa shape index (κ3) is 2.09. The van der Waals surface area contributed by atoms with Crippen molar-refractivity contribution < 1.29 is 9.53 Å². The minimum absolute atomic E-state index is 0.0649. The summed E-state index contributed by atoms with van der Waals surface area (Å²) in [6, 6.07) is 0. The lowest BCUT2D eigenvalue weighted by molar-refractivity contribution is -0.117. The number of nitrogens with one attached hydrogen (secondary N) is 2. The third-order valence-corrected chi connectivity index (χ3v) is 4.42. The highest BCUT2D eigenvalue weighted by atomic mass is 16.5. The second-order valence-corrected chi connectivity index (χ2v) is 5.50. The van der Waals surface area contributed by atoms with Crippen molar-refractivity contribution in [3.05, 3.63) is 6.20 Å². The Morgan fingerprint density at radius 3 is 3.11 bits per heavy atom. The summed E-state index contributed by atoms with van der Waals surface area (Å²) in [6.45, 7) is 0. The first-order valence-electron chi connectivity index (χ1n) is 6.63. The summed E-state index contributed by atoms with van der Waals surface area (Å²) >= 11 is 0. The first-order valence-corrected chi connectivity index (χ1v) is 6.63. The molecule has 2 N–H and O–H groups in total. The number of fused-ring (bicyclic) bond motifs is 2. The van der Waals surface area contributed by atoms with Gasteiger partial charge in [0, 0.05) is 6.42 Å². The Morgan fingerprint density at radius 2 is 2.44 bits per heavy atom. The normalized spacial score (nSPS) is 29.5. The van der Waals surface area contributed by atoms with Crippen LogP contribution in [0, 0.1) is 17.8 Å². The van der Waals surface area contributed by atoms with Gasteiger partial charge in [-0.1, -0.05) is 6.42 Å². The van der Waals surface area contributed by atoms with Crippen LogP contribution in [0.25, 0.3) is 0 Å². The number of rotatable bonds is 4. The number of anilines is 1. The number of carbonyl (C=O) groups excluding carboxylic acids is 1. The smallest absolute Gasteiger partial charge is 0.225 e. The summed E-state index contributed by atoms with van der Waals surface area (Å²) in [6.07, 6.45) is 7.45. The number of aromatic nitrogens is 2. The van der Waals surface area contributed by atoms with Crippen molar-refractivity contribution in [1.82, 2.24) is 10.2 Å². The Bertz CT molecular complexity index is 443. The Morgan fingerprint density at radius 1 is 1.56 bits per heavy atom. The van der Waals surface area contributed by atoms with Crippen LogP contribution in [-0.4, -0.2) is 23.2 Å². The first kappa shape index (κ1) is 11.6. The van der Waals surface area contributed by atoms with Gasteiger partial charge in [0.15, 0.2) is 11.6 Å². The number of amides is 1. The lowest BCUT2D eigenvalue weighted by atomic mass is 9.86. The van der Waals surface area contributed by atoms with E-state index in [4.69, 9.17) is 4.74 Å². The molecule has 5 nitrogen and oxygen atoms in total. The molecule has 18 heavy (non-hydrogen) atoms. The maximum atomic E-state index is 12.0. The summed E-state index contributed by atoms with van der Waals surface area (Å²) in [4.78, 5) is 12.0. The topological polar surface area (TPSA) is 67.0 Å². The highest BCUT2D eigenvalue weighted by molar-refractivity contribution is 5.91. The number of hydrogen-bond acceptors (Lipinski definition) is 3. The third-order valence-electron chi connectivity index (χ3n) is 4.42. The molecule has 2 aliphatic rings. The van der Waals surface area contributed by atoms with Gasteiger partial charge in [0.1, 0.15) is 0 Å². The van der Waals surface area contributed by atoms with Crippen LogP contribution >= 0.6 is 0 Å². The van der Waals surface area contributed by atoms with Crippen LogP contribution in [-0.2, 0) is 4.79 Å². The number of nitrogens with zero attached hydrogens (tertiary/aromatic N) is 1. The van der Waals surface area contributed by atoms with Crippen molar-refractivity contribution in [2.24, 2.45) is 17.8 Å². The van der Waals surface area contributed by atoms with E-state index in [-0.39, 0.29) is 5.91 Å². The predicted molar refractivity (Wildman–Crippen MR) is 67.3 cm³/mol. The summed E-state index contributed by atoms with van der Waals surface area (Å²) in [5, 5.41) is 9.44. The molecular weight excluding hydrogens is 230 g/mol. The van der Waals surface area contributed by atoms with Crippen molar-refractivity contribution >= 4 is 11.7 Å². The molecule has 1 aromatic heterocycles. The molecule has 0 radical (unpaired) electrons. The fourth-order valence-electron chi connectivity index (χ4n) is 3.57. The van der Waals surface area contributed by atoms with Crippen LogP contribution in [0.4, 0.5) is 5.82 Å². The average molecular weight is 249 g/mol. The van der Waals surface area contributed by atoms with E-state index in [1.807, 2.05) is 0 Å². The van der Waals surface area contributed by atoms with Crippen LogP contribution in [0.2, 0.25) is 0 Å². The molecule has 1 amide bonds. The van der Waals surface area contributed by atoms with E-state index in [2.05, 4.69) is 15.5 Å². The largest absolute Gasteiger partial charge is 0.491 e. The minimum Gasteiger partial charge on any atom is -0.491 e. The van der Waals surface area contributed by atoms with Gasteiger partial charge < -0.3 is 10.1 Å². The highest BCUT2D eigenvalue weighted by Crippen LogP contribution is 2.49. The van der Waals surface area contributed by atoms with Gasteiger partial charge in [0.05, 0.1) is 13.3 Å². The molecule has 1 heterocycles. The number of carbonyl (C=O) groups is 1. The van der Waals surface area contributed by atoms with Gasteiger partial charge >= 0.3 is 0 Å². The molecule has 2 fully saturated rings. The van der Waals surface area contributed by atoms with Crippen molar-refractivity contribution in [3.8, 4) is 5.75 Å². The number of hydrogen-bond donors (Lipinski definition) is 2. The van der Waals surface area contributed by atoms with Crippen molar-refractivity contribution in [2.45, 2.75) is 32.1 Å². The Hall–Kier alpha value is -1.52. The SMILES string of the molecule is COc1cn[nH]c1NC(=O)CC1CC2CCC1C2. The van der Waals surface area contributed by atoms with E-state index in [1.54, 1.807) is 13.3 Å². The van der Waals surface area contributed by atoms with Crippen LogP contribution < -0.4 is 10.1 Å². The molecular formula is C13H19N3O2. The van der Waals surface area contributed by atoms with Gasteiger partial charge in [0.2, 0.25) is 5.91 Å². The molecule has 2 aliphatic carbocycles. The van der Waals surface area contributed by atoms with E-state index in [9.17, 15) is 4.79 Å². The number of aromatic amines is 1. The first-order chi connectivity index (χ1) is 8.76. The Labute approximate surface area is 106 Å². The lowest BCUT2D eigenvalue weighted by Crippen LogP contribution is -2.20. The zero-order valence-corrected chi connectivity index (χ0v) is 10.6. The molecule has 5 heteroatoms. The van der Waals surface area contributed by atoms with Crippen molar-refractivity contribution in [2.75, 3.05) is 12.4 Å².